The van der Waals surface area contributed by atoms with Crippen LogP contribution in [0.2, 0.25) is 0 Å². The molecule has 114 valence electrons. The Morgan fingerprint density at radius 1 is 1.20 bits per heavy atom. The van der Waals surface area contributed by atoms with Gasteiger partial charge in [0.1, 0.15) is 0 Å². The van der Waals surface area contributed by atoms with Crippen molar-refractivity contribution >= 4 is 22.8 Å². The molecular formula is C13H22N2O4S. The summed E-state index contributed by atoms with van der Waals surface area (Å²) in [6.45, 7) is 3.79. The molecule has 0 aromatic rings. The molecule has 2 aliphatic rings. The van der Waals surface area contributed by atoms with Crippen LogP contribution in [0.5, 0.6) is 0 Å². The molecule has 6 nitrogen and oxygen atoms in total. The summed E-state index contributed by atoms with van der Waals surface area (Å²) in [7, 11) is -0.811. The maximum absolute atomic E-state index is 12.4. The molecule has 2 fully saturated rings. The first-order valence-corrected chi connectivity index (χ1v) is 8.59. The Labute approximate surface area is 121 Å². The monoisotopic (exact) mass is 302 g/mol. The number of rotatable bonds is 3. The summed E-state index contributed by atoms with van der Waals surface area (Å²) >= 11 is 0. The second kappa shape index (κ2) is 6.11. The van der Waals surface area contributed by atoms with Crippen LogP contribution in [0.1, 0.15) is 26.2 Å². The second-order valence-electron chi connectivity index (χ2n) is 5.62. The Morgan fingerprint density at radius 2 is 1.85 bits per heavy atom. The highest BCUT2D eigenvalue weighted by atomic mass is 32.2. The number of carbonyl (C=O) groups excluding carboxylic acids is 1. The molecule has 2 rings (SSSR count). The molecule has 0 bridgehead atoms. The van der Waals surface area contributed by atoms with Crippen LogP contribution in [-0.2, 0) is 15.6 Å². The van der Waals surface area contributed by atoms with Crippen molar-refractivity contribution in [1.29, 1.82) is 0 Å². The molecule has 2 amide bonds. The van der Waals surface area contributed by atoms with Crippen molar-refractivity contribution < 1.29 is 18.9 Å². The zero-order valence-corrected chi connectivity index (χ0v) is 12.7. The zero-order valence-electron chi connectivity index (χ0n) is 11.8. The molecule has 0 radical (unpaired) electrons. The van der Waals surface area contributed by atoms with Crippen molar-refractivity contribution in [3.63, 3.8) is 0 Å². The van der Waals surface area contributed by atoms with Gasteiger partial charge in [0.05, 0.1) is 5.41 Å². The fraction of sp³-hybridized carbons (Fsp3) is 0.846. The van der Waals surface area contributed by atoms with E-state index in [1.54, 1.807) is 9.80 Å². The maximum Gasteiger partial charge on any atom is 0.320 e. The Morgan fingerprint density at radius 3 is 2.40 bits per heavy atom. The Bertz CT molecular complexity index is 419. The van der Waals surface area contributed by atoms with E-state index in [1.807, 2.05) is 6.92 Å². The number of nitrogens with zero attached hydrogens (tertiary/aromatic N) is 2. The first kappa shape index (κ1) is 15.3. The van der Waals surface area contributed by atoms with E-state index in [0.29, 0.717) is 50.5 Å². The minimum absolute atomic E-state index is 0.0964. The van der Waals surface area contributed by atoms with E-state index in [0.717, 1.165) is 6.42 Å². The molecule has 2 heterocycles. The van der Waals surface area contributed by atoms with E-state index in [1.165, 1.54) is 0 Å². The van der Waals surface area contributed by atoms with Crippen LogP contribution in [-0.4, -0.2) is 68.8 Å². The molecule has 7 heteroatoms. The third-order valence-electron chi connectivity index (χ3n) is 4.25. The predicted molar refractivity (Wildman–Crippen MR) is 76.0 cm³/mol. The van der Waals surface area contributed by atoms with Gasteiger partial charge in [-0.1, -0.05) is 13.3 Å². The van der Waals surface area contributed by atoms with Crippen LogP contribution in [0.3, 0.4) is 0 Å². The van der Waals surface area contributed by atoms with Crippen LogP contribution in [0.15, 0.2) is 0 Å². The number of likely N-dealkylation sites (tertiary alicyclic amines) is 1. The lowest BCUT2D eigenvalue weighted by Crippen LogP contribution is -2.49. The van der Waals surface area contributed by atoms with Crippen molar-refractivity contribution in [2.45, 2.75) is 26.2 Å². The Hall–Kier alpha value is -1.11. The molecule has 0 aromatic heterocycles. The lowest BCUT2D eigenvalue weighted by Gasteiger charge is -2.31. The van der Waals surface area contributed by atoms with E-state index in [9.17, 15) is 18.9 Å². The predicted octanol–water partition coefficient (Wildman–Crippen LogP) is 0.748. The summed E-state index contributed by atoms with van der Waals surface area (Å²) in [5, 5.41) is 9.45. The number of amides is 2. The molecule has 1 atom stereocenters. The van der Waals surface area contributed by atoms with Crippen LogP contribution in [0.4, 0.5) is 4.79 Å². The Kier molecular flexibility index (Phi) is 4.67. The molecule has 1 unspecified atom stereocenters. The fourth-order valence-electron chi connectivity index (χ4n) is 3.03. The van der Waals surface area contributed by atoms with Gasteiger partial charge in [0, 0.05) is 48.5 Å². The van der Waals surface area contributed by atoms with Crippen molar-refractivity contribution in [2.75, 3.05) is 37.7 Å². The number of carboxylic acid groups (broad SMARTS) is 1. The van der Waals surface area contributed by atoms with Gasteiger partial charge in [-0.25, -0.2) is 4.79 Å². The number of urea groups is 1. The minimum Gasteiger partial charge on any atom is -0.481 e. The number of carboxylic acids is 1. The van der Waals surface area contributed by atoms with E-state index in [2.05, 4.69) is 0 Å². The topological polar surface area (TPSA) is 77.9 Å². The van der Waals surface area contributed by atoms with Crippen molar-refractivity contribution in [1.82, 2.24) is 9.80 Å². The summed E-state index contributed by atoms with van der Waals surface area (Å²) in [5.74, 6) is 0.256. The van der Waals surface area contributed by atoms with E-state index < -0.39 is 22.2 Å². The van der Waals surface area contributed by atoms with Gasteiger partial charge >= 0.3 is 12.0 Å². The number of hydrogen-bond acceptors (Lipinski definition) is 3. The molecule has 0 aromatic carbocycles. The number of carbonyl (C=O) groups is 2. The maximum atomic E-state index is 12.4. The SMILES string of the molecule is CCCC1(C(=O)O)CCN(C(=O)N2CCS(=O)CC2)C1. The van der Waals surface area contributed by atoms with E-state index >= 15 is 0 Å². The molecule has 2 aliphatic heterocycles. The van der Waals surface area contributed by atoms with Gasteiger partial charge in [0.2, 0.25) is 0 Å². The van der Waals surface area contributed by atoms with Crippen molar-refractivity contribution in [2.24, 2.45) is 5.41 Å². The summed E-state index contributed by atoms with van der Waals surface area (Å²) in [6, 6.07) is -0.0964. The van der Waals surface area contributed by atoms with Gasteiger partial charge in [-0.3, -0.25) is 9.00 Å². The number of aliphatic carboxylic acids is 1. The van der Waals surface area contributed by atoms with Gasteiger partial charge in [-0.05, 0) is 12.8 Å². The summed E-state index contributed by atoms with van der Waals surface area (Å²) in [4.78, 5) is 27.2. The molecular weight excluding hydrogens is 280 g/mol. The lowest BCUT2D eigenvalue weighted by atomic mass is 9.83. The largest absolute Gasteiger partial charge is 0.481 e. The normalized spacial score (nSPS) is 27.9. The summed E-state index contributed by atoms with van der Waals surface area (Å²) in [6.07, 6.45) is 1.94. The van der Waals surface area contributed by atoms with Gasteiger partial charge in [-0.2, -0.15) is 0 Å². The lowest BCUT2D eigenvalue weighted by molar-refractivity contribution is -0.148. The van der Waals surface area contributed by atoms with Gasteiger partial charge in [0.25, 0.3) is 0 Å². The first-order valence-electron chi connectivity index (χ1n) is 7.11. The average molecular weight is 302 g/mol. The first-order chi connectivity index (χ1) is 9.48. The van der Waals surface area contributed by atoms with Crippen LogP contribution < -0.4 is 0 Å². The van der Waals surface area contributed by atoms with Crippen LogP contribution >= 0.6 is 0 Å². The van der Waals surface area contributed by atoms with Gasteiger partial charge in [0.15, 0.2) is 0 Å². The van der Waals surface area contributed by atoms with Crippen molar-refractivity contribution in [3.05, 3.63) is 0 Å². The van der Waals surface area contributed by atoms with Crippen LogP contribution in [0.25, 0.3) is 0 Å². The van der Waals surface area contributed by atoms with Gasteiger partial charge in [-0.15, -0.1) is 0 Å². The quantitative estimate of drug-likeness (QED) is 0.834. The average Bonchev–Trinajstić information content (AvgIpc) is 2.85. The smallest absolute Gasteiger partial charge is 0.320 e. The minimum atomic E-state index is -0.811. The highest BCUT2D eigenvalue weighted by Crippen LogP contribution is 2.36. The fourth-order valence-corrected chi connectivity index (χ4v) is 4.08. The summed E-state index contributed by atoms with van der Waals surface area (Å²) in [5.41, 5.74) is -0.775. The van der Waals surface area contributed by atoms with Crippen LogP contribution in [0, 0.1) is 5.41 Å². The van der Waals surface area contributed by atoms with Gasteiger partial charge < -0.3 is 14.9 Å². The molecule has 0 aliphatic carbocycles. The number of hydrogen-bond donors (Lipinski definition) is 1. The van der Waals surface area contributed by atoms with E-state index in [-0.39, 0.29) is 6.03 Å². The molecule has 0 spiro atoms. The molecule has 20 heavy (non-hydrogen) atoms. The third-order valence-corrected chi connectivity index (χ3v) is 5.53. The Balaban J connectivity index is 1.99. The summed E-state index contributed by atoms with van der Waals surface area (Å²) < 4.78 is 11.3. The zero-order chi connectivity index (χ0) is 14.8. The standard InChI is InChI=1S/C13H22N2O4S/c1-2-3-13(11(16)17)4-5-15(10-13)12(18)14-6-8-20(19)9-7-14/h2-10H2,1H3,(H,16,17). The molecule has 0 saturated carbocycles. The molecule has 2 saturated heterocycles. The third kappa shape index (κ3) is 2.97. The van der Waals surface area contributed by atoms with E-state index in [4.69, 9.17) is 0 Å². The van der Waals surface area contributed by atoms with Crippen molar-refractivity contribution in [3.8, 4) is 0 Å². The highest BCUT2D eigenvalue weighted by molar-refractivity contribution is 7.85. The second-order valence-corrected chi connectivity index (χ2v) is 7.32. The molecule has 1 N–H and O–H groups in total. The highest BCUT2D eigenvalue weighted by Gasteiger charge is 2.46.